The molecule has 0 heterocycles. The maximum absolute atomic E-state index is 5.68. The zero-order valence-electron chi connectivity index (χ0n) is 7.60. The van der Waals surface area contributed by atoms with Crippen molar-refractivity contribution in [3.63, 3.8) is 0 Å². The Balaban J connectivity index is 2.03. The minimum Gasteiger partial charge on any atom is -0.330 e. The largest absolute Gasteiger partial charge is 0.330 e. The van der Waals surface area contributed by atoms with E-state index in [-0.39, 0.29) is 0 Å². The Morgan fingerprint density at radius 1 is 1.45 bits per heavy atom. The summed E-state index contributed by atoms with van der Waals surface area (Å²) in [5, 5.41) is 0.781. The van der Waals surface area contributed by atoms with E-state index in [2.05, 4.69) is 25.6 Å². The minimum absolute atomic E-state index is 0.585. The Bertz CT molecular complexity index is 119. The first-order valence-electron chi connectivity index (χ1n) is 4.50. The summed E-state index contributed by atoms with van der Waals surface area (Å²) in [6.07, 6.45) is 4.09. The lowest BCUT2D eigenvalue weighted by Crippen LogP contribution is -2.16. The normalized spacial score (nSPS) is 20.7. The SMILES string of the molecule is CC(C)SCCC1(CN)CC1. The molecule has 0 aromatic heterocycles. The lowest BCUT2D eigenvalue weighted by Gasteiger charge is -2.12. The number of thioether (sulfide) groups is 1. The molecule has 1 nitrogen and oxygen atoms in total. The van der Waals surface area contributed by atoms with Crippen LogP contribution in [0.3, 0.4) is 0 Å². The van der Waals surface area contributed by atoms with Crippen LogP contribution < -0.4 is 5.73 Å². The Morgan fingerprint density at radius 3 is 2.45 bits per heavy atom. The summed E-state index contributed by atoms with van der Waals surface area (Å²) in [5.41, 5.74) is 6.26. The molecule has 0 aromatic carbocycles. The molecule has 2 N–H and O–H groups in total. The molecule has 0 bridgehead atoms. The standard InChI is InChI=1S/C9H19NS/c1-8(2)11-6-5-9(7-10)3-4-9/h8H,3-7,10H2,1-2H3. The van der Waals surface area contributed by atoms with Crippen molar-refractivity contribution in [3.05, 3.63) is 0 Å². The number of rotatable bonds is 5. The van der Waals surface area contributed by atoms with Crippen LogP contribution in [0.5, 0.6) is 0 Å². The van der Waals surface area contributed by atoms with Crippen molar-refractivity contribution in [2.24, 2.45) is 11.1 Å². The molecule has 0 spiro atoms. The van der Waals surface area contributed by atoms with Crippen LogP contribution in [0, 0.1) is 5.41 Å². The van der Waals surface area contributed by atoms with Crippen LogP contribution in [-0.2, 0) is 0 Å². The predicted molar refractivity (Wildman–Crippen MR) is 52.9 cm³/mol. The lowest BCUT2D eigenvalue weighted by molar-refractivity contribution is 0.509. The molecule has 0 atom stereocenters. The van der Waals surface area contributed by atoms with E-state index >= 15 is 0 Å². The highest BCUT2D eigenvalue weighted by Crippen LogP contribution is 2.48. The summed E-state index contributed by atoms with van der Waals surface area (Å²) < 4.78 is 0. The van der Waals surface area contributed by atoms with Crippen LogP contribution >= 0.6 is 11.8 Å². The molecule has 1 saturated carbocycles. The Kier molecular flexibility index (Phi) is 3.26. The second kappa shape index (κ2) is 3.81. The van der Waals surface area contributed by atoms with Gasteiger partial charge in [-0.3, -0.25) is 0 Å². The molecule has 0 radical (unpaired) electrons. The molecule has 0 unspecified atom stereocenters. The molecule has 1 rings (SSSR count). The van der Waals surface area contributed by atoms with Crippen LogP contribution in [-0.4, -0.2) is 17.5 Å². The summed E-state index contributed by atoms with van der Waals surface area (Å²) in [5.74, 6) is 1.30. The van der Waals surface area contributed by atoms with Gasteiger partial charge in [0.1, 0.15) is 0 Å². The summed E-state index contributed by atoms with van der Waals surface area (Å²) in [6, 6.07) is 0. The number of hydrogen-bond acceptors (Lipinski definition) is 2. The van der Waals surface area contributed by atoms with E-state index in [1.165, 1.54) is 25.0 Å². The Morgan fingerprint density at radius 2 is 2.09 bits per heavy atom. The van der Waals surface area contributed by atoms with Gasteiger partial charge in [0.25, 0.3) is 0 Å². The molecule has 0 amide bonds. The zero-order chi connectivity index (χ0) is 8.32. The lowest BCUT2D eigenvalue weighted by atomic mass is 10.1. The summed E-state index contributed by atoms with van der Waals surface area (Å²) in [4.78, 5) is 0. The van der Waals surface area contributed by atoms with Gasteiger partial charge in [0, 0.05) is 0 Å². The van der Waals surface area contributed by atoms with Crippen molar-refractivity contribution in [1.82, 2.24) is 0 Å². The third-order valence-electron chi connectivity index (χ3n) is 2.47. The predicted octanol–water partition coefficient (Wildman–Crippen LogP) is 2.26. The quantitative estimate of drug-likeness (QED) is 0.690. The third kappa shape index (κ3) is 3.04. The topological polar surface area (TPSA) is 26.0 Å². The third-order valence-corrected chi connectivity index (χ3v) is 3.58. The van der Waals surface area contributed by atoms with Gasteiger partial charge in [0.05, 0.1) is 0 Å². The minimum atomic E-state index is 0.585. The molecule has 0 aliphatic heterocycles. The first-order valence-corrected chi connectivity index (χ1v) is 5.55. The van der Waals surface area contributed by atoms with E-state index in [0.717, 1.165) is 11.8 Å². The second-order valence-electron chi connectivity index (χ2n) is 3.87. The van der Waals surface area contributed by atoms with E-state index < -0.39 is 0 Å². The maximum Gasteiger partial charge on any atom is -0.000968 e. The highest BCUT2D eigenvalue weighted by molar-refractivity contribution is 7.99. The van der Waals surface area contributed by atoms with Crippen LogP contribution in [0.1, 0.15) is 33.1 Å². The Hall–Kier alpha value is 0.310. The fourth-order valence-electron chi connectivity index (χ4n) is 1.24. The van der Waals surface area contributed by atoms with E-state index in [1.807, 2.05) is 0 Å². The van der Waals surface area contributed by atoms with Gasteiger partial charge in [-0.25, -0.2) is 0 Å². The molecule has 66 valence electrons. The number of nitrogens with two attached hydrogens (primary N) is 1. The van der Waals surface area contributed by atoms with Crippen molar-refractivity contribution in [2.75, 3.05) is 12.3 Å². The van der Waals surface area contributed by atoms with Crippen LogP contribution in [0.4, 0.5) is 0 Å². The highest BCUT2D eigenvalue weighted by Gasteiger charge is 2.40. The summed E-state index contributed by atoms with van der Waals surface area (Å²) in [7, 11) is 0. The smallest absolute Gasteiger partial charge is 0.000968 e. The molecule has 0 aromatic rings. The van der Waals surface area contributed by atoms with Gasteiger partial charge < -0.3 is 5.73 Å². The van der Waals surface area contributed by atoms with Gasteiger partial charge in [0.15, 0.2) is 0 Å². The molecule has 1 fully saturated rings. The van der Waals surface area contributed by atoms with E-state index in [0.29, 0.717) is 5.41 Å². The molecule has 1 aliphatic rings. The fourth-order valence-corrected chi connectivity index (χ4v) is 2.27. The van der Waals surface area contributed by atoms with Crippen LogP contribution in [0.25, 0.3) is 0 Å². The molecular formula is C9H19NS. The van der Waals surface area contributed by atoms with Crippen molar-refractivity contribution in [3.8, 4) is 0 Å². The Labute approximate surface area is 74.1 Å². The molecular weight excluding hydrogens is 154 g/mol. The second-order valence-corrected chi connectivity index (χ2v) is 5.56. The van der Waals surface area contributed by atoms with Gasteiger partial charge in [-0.15, -0.1) is 0 Å². The van der Waals surface area contributed by atoms with Gasteiger partial charge in [0.2, 0.25) is 0 Å². The van der Waals surface area contributed by atoms with Crippen molar-refractivity contribution in [1.29, 1.82) is 0 Å². The van der Waals surface area contributed by atoms with Gasteiger partial charge in [-0.1, -0.05) is 13.8 Å². The maximum atomic E-state index is 5.68. The zero-order valence-corrected chi connectivity index (χ0v) is 8.41. The van der Waals surface area contributed by atoms with Crippen LogP contribution in [0.15, 0.2) is 0 Å². The average molecular weight is 173 g/mol. The number of hydrogen-bond donors (Lipinski definition) is 1. The molecule has 0 saturated heterocycles. The van der Waals surface area contributed by atoms with Crippen LogP contribution in [0.2, 0.25) is 0 Å². The van der Waals surface area contributed by atoms with Gasteiger partial charge in [-0.2, -0.15) is 11.8 Å². The van der Waals surface area contributed by atoms with E-state index in [9.17, 15) is 0 Å². The summed E-state index contributed by atoms with van der Waals surface area (Å²) in [6.45, 7) is 5.42. The molecule has 2 heteroatoms. The first-order chi connectivity index (χ1) is 5.18. The van der Waals surface area contributed by atoms with Crippen molar-refractivity contribution in [2.45, 2.75) is 38.4 Å². The van der Waals surface area contributed by atoms with Gasteiger partial charge >= 0.3 is 0 Å². The summed E-state index contributed by atoms with van der Waals surface area (Å²) >= 11 is 2.06. The van der Waals surface area contributed by atoms with Gasteiger partial charge in [-0.05, 0) is 42.2 Å². The van der Waals surface area contributed by atoms with Crippen molar-refractivity contribution >= 4 is 11.8 Å². The first kappa shape index (κ1) is 9.40. The van der Waals surface area contributed by atoms with Crippen molar-refractivity contribution < 1.29 is 0 Å². The molecule has 1 aliphatic carbocycles. The average Bonchev–Trinajstić information content (AvgIpc) is 2.69. The molecule has 11 heavy (non-hydrogen) atoms. The highest BCUT2D eigenvalue weighted by atomic mass is 32.2. The fraction of sp³-hybridized carbons (Fsp3) is 1.00. The monoisotopic (exact) mass is 173 g/mol. The van der Waals surface area contributed by atoms with E-state index in [1.54, 1.807) is 0 Å². The van der Waals surface area contributed by atoms with E-state index in [4.69, 9.17) is 5.73 Å².